The smallest absolute Gasteiger partial charge is 0.223 e. The topological polar surface area (TPSA) is 32.3 Å². The number of nitrogens with one attached hydrogen (secondary N) is 1. The summed E-state index contributed by atoms with van der Waals surface area (Å²) < 4.78 is 0. The molecule has 0 aromatic heterocycles. The van der Waals surface area contributed by atoms with Crippen LogP contribution >= 0.6 is 0 Å². The van der Waals surface area contributed by atoms with Gasteiger partial charge in [0.2, 0.25) is 5.91 Å². The van der Waals surface area contributed by atoms with E-state index in [0.29, 0.717) is 17.9 Å². The fourth-order valence-electron chi connectivity index (χ4n) is 2.50. The molecule has 2 heterocycles. The van der Waals surface area contributed by atoms with Gasteiger partial charge in [0.15, 0.2) is 0 Å². The Labute approximate surface area is 92.2 Å². The number of nitrogens with zero attached hydrogens (tertiary/aromatic N) is 1. The third-order valence-corrected chi connectivity index (χ3v) is 3.70. The number of hydrogen-bond acceptors (Lipinski definition) is 2. The number of amides is 1. The molecule has 1 N–H and O–H groups in total. The summed E-state index contributed by atoms with van der Waals surface area (Å²) in [6.07, 6.45) is 5.72. The third-order valence-electron chi connectivity index (χ3n) is 3.70. The SMILES string of the molecule is CC1CCCCCN1C(=O)CC1CNC1. The number of rotatable bonds is 2. The molecule has 2 aliphatic heterocycles. The van der Waals surface area contributed by atoms with Crippen LogP contribution < -0.4 is 5.32 Å². The quantitative estimate of drug-likeness (QED) is 0.747. The van der Waals surface area contributed by atoms with Crippen molar-refractivity contribution in [3.8, 4) is 0 Å². The van der Waals surface area contributed by atoms with Gasteiger partial charge in [0.05, 0.1) is 0 Å². The molecule has 3 heteroatoms. The fraction of sp³-hybridized carbons (Fsp3) is 0.917. The van der Waals surface area contributed by atoms with Crippen LogP contribution in [-0.2, 0) is 4.79 Å². The van der Waals surface area contributed by atoms with Gasteiger partial charge < -0.3 is 10.2 Å². The molecule has 0 saturated carbocycles. The Kier molecular flexibility index (Phi) is 3.62. The van der Waals surface area contributed by atoms with E-state index in [4.69, 9.17) is 0 Å². The van der Waals surface area contributed by atoms with Crippen molar-refractivity contribution in [2.75, 3.05) is 19.6 Å². The van der Waals surface area contributed by atoms with Gasteiger partial charge in [-0.2, -0.15) is 0 Å². The molecule has 0 aliphatic carbocycles. The molecule has 0 spiro atoms. The maximum Gasteiger partial charge on any atom is 0.223 e. The van der Waals surface area contributed by atoms with E-state index >= 15 is 0 Å². The van der Waals surface area contributed by atoms with Gasteiger partial charge in [0.25, 0.3) is 0 Å². The van der Waals surface area contributed by atoms with E-state index in [9.17, 15) is 4.79 Å². The predicted octanol–water partition coefficient (Wildman–Crippen LogP) is 1.39. The Morgan fingerprint density at radius 3 is 2.80 bits per heavy atom. The number of carbonyl (C=O) groups is 1. The minimum Gasteiger partial charge on any atom is -0.340 e. The maximum absolute atomic E-state index is 12.1. The molecule has 1 atom stereocenters. The van der Waals surface area contributed by atoms with Crippen molar-refractivity contribution < 1.29 is 4.79 Å². The molecule has 3 nitrogen and oxygen atoms in total. The van der Waals surface area contributed by atoms with Crippen molar-refractivity contribution in [3.05, 3.63) is 0 Å². The molecule has 0 aromatic rings. The standard InChI is InChI=1S/C12H22N2O/c1-10-5-3-2-4-6-14(10)12(15)7-11-8-13-9-11/h10-11,13H,2-9H2,1H3. The molecule has 86 valence electrons. The number of likely N-dealkylation sites (tertiary alicyclic amines) is 1. The summed E-state index contributed by atoms with van der Waals surface area (Å²) >= 11 is 0. The Balaban J connectivity index is 1.85. The molecule has 0 aromatic carbocycles. The molecule has 15 heavy (non-hydrogen) atoms. The van der Waals surface area contributed by atoms with Gasteiger partial charge in [-0.15, -0.1) is 0 Å². The first-order valence-corrected chi connectivity index (χ1v) is 6.27. The van der Waals surface area contributed by atoms with Gasteiger partial charge in [0.1, 0.15) is 0 Å². The highest BCUT2D eigenvalue weighted by Gasteiger charge is 2.26. The normalized spacial score (nSPS) is 28.3. The van der Waals surface area contributed by atoms with Gasteiger partial charge in [-0.05, 0) is 38.8 Å². The van der Waals surface area contributed by atoms with Crippen LogP contribution in [0.4, 0.5) is 0 Å². The lowest BCUT2D eigenvalue weighted by Gasteiger charge is -2.32. The Hall–Kier alpha value is -0.570. The van der Waals surface area contributed by atoms with Crippen molar-refractivity contribution in [2.24, 2.45) is 5.92 Å². The van der Waals surface area contributed by atoms with E-state index in [1.54, 1.807) is 0 Å². The Morgan fingerprint density at radius 1 is 1.33 bits per heavy atom. The second kappa shape index (κ2) is 4.97. The van der Waals surface area contributed by atoms with Crippen molar-refractivity contribution >= 4 is 5.91 Å². The molecule has 2 fully saturated rings. The van der Waals surface area contributed by atoms with E-state index in [1.807, 2.05) is 0 Å². The largest absolute Gasteiger partial charge is 0.340 e. The Bertz CT molecular complexity index is 226. The second-order valence-corrected chi connectivity index (χ2v) is 5.01. The fourth-order valence-corrected chi connectivity index (χ4v) is 2.50. The van der Waals surface area contributed by atoms with Crippen LogP contribution in [0.3, 0.4) is 0 Å². The molecular weight excluding hydrogens is 188 g/mol. The summed E-state index contributed by atoms with van der Waals surface area (Å²) in [5.41, 5.74) is 0. The maximum atomic E-state index is 12.1. The van der Waals surface area contributed by atoms with Gasteiger partial charge in [-0.3, -0.25) is 4.79 Å². The first kappa shape index (κ1) is 10.9. The summed E-state index contributed by atoms with van der Waals surface area (Å²) in [5.74, 6) is 0.990. The van der Waals surface area contributed by atoms with Crippen LogP contribution in [-0.4, -0.2) is 36.5 Å². The van der Waals surface area contributed by atoms with E-state index < -0.39 is 0 Å². The van der Waals surface area contributed by atoms with E-state index in [0.717, 1.165) is 26.1 Å². The molecule has 2 saturated heterocycles. The third kappa shape index (κ3) is 2.71. The van der Waals surface area contributed by atoms with Gasteiger partial charge in [0, 0.05) is 19.0 Å². The average molecular weight is 210 g/mol. The minimum absolute atomic E-state index is 0.385. The lowest BCUT2D eigenvalue weighted by atomic mass is 9.98. The predicted molar refractivity (Wildman–Crippen MR) is 60.6 cm³/mol. The van der Waals surface area contributed by atoms with Crippen LogP contribution in [0, 0.1) is 5.92 Å². The monoisotopic (exact) mass is 210 g/mol. The minimum atomic E-state index is 0.385. The van der Waals surface area contributed by atoms with Crippen molar-refractivity contribution in [1.29, 1.82) is 0 Å². The summed E-state index contributed by atoms with van der Waals surface area (Å²) in [6.45, 7) is 5.25. The first-order chi connectivity index (χ1) is 7.27. The molecule has 2 aliphatic rings. The van der Waals surface area contributed by atoms with E-state index in [1.165, 1.54) is 25.7 Å². The van der Waals surface area contributed by atoms with Crippen molar-refractivity contribution in [2.45, 2.75) is 45.1 Å². The zero-order valence-electron chi connectivity index (χ0n) is 9.67. The molecule has 2 rings (SSSR count). The zero-order chi connectivity index (χ0) is 10.7. The second-order valence-electron chi connectivity index (χ2n) is 5.01. The molecule has 0 radical (unpaired) electrons. The summed E-state index contributed by atoms with van der Waals surface area (Å²) in [4.78, 5) is 14.2. The van der Waals surface area contributed by atoms with Crippen molar-refractivity contribution in [3.63, 3.8) is 0 Å². The van der Waals surface area contributed by atoms with Crippen LogP contribution in [0.2, 0.25) is 0 Å². The molecule has 0 bridgehead atoms. The van der Waals surface area contributed by atoms with E-state index in [2.05, 4.69) is 17.1 Å². The van der Waals surface area contributed by atoms with Crippen LogP contribution in [0.15, 0.2) is 0 Å². The van der Waals surface area contributed by atoms with E-state index in [-0.39, 0.29) is 0 Å². The molecular formula is C12H22N2O. The highest BCUT2D eigenvalue weighted by Crippen LogP contribution is 2.19. The number of carbonyl (C=O) groups excluding carboxylic acids is 1. The Morgan fingerprint density at radius 2 is 2.13 bits per heavy atom. The molecule has 1 amide bonds. The van der Waals surface area contributed by atoms with Crippen LogP contribution in [0.1, 0.15) is 39.0 Å². The van der Waals surface area contributed by atoms with Gasteiger partial charge in [-0.25, -0.2) is 0 Å². The summed E-state index contributed by atoms with van der Waals surface area (Å²) in [6, 6.07) is 0.466. The number of hydrogen-bond donors (Lipinski definition) is 1. The first-order valence-electron chi connectivity index (χ1n) is 6.27. The lowest BCUT2D eigenvalue weighted by molar-refractivity contribution is -0.134. The van der Waals surface area contributed by atoms with Gasteiger partial charge in [-0.1, -0.05) is 12.8 Å². The molecule has 1 unspecified atom stereocenters. The summed E-state index contributed by atoms with van der Waals surface area (Å²) in [7, 11) is 0. The van der Waals surface area contributed by atoms with Crippen molar-refractivity contribution in [1.82, 2.24) is 10.2 Å². The lowest BCUT2D eigenvalue weighted by Crippen LogP contribution is -2.46. The highest BCUT2D eigenvalue weighted by atomic mass is 16.2. The van der Waals surface area contributed by atoms with Crippen LogP contribution in [0.5, 0.6) is 0 Å². The van der Waals surface area contributed by atoms with Crippen LogP contribution in [0.25, 0.3) is 0 Å². The van der Waals surface area contributed by atoms with Gasteiger partial charge >= 0.3 is 0 Å². The highest BCUT2D eigenvalue weighted by molar-refractivity contribution is 5.77. The summed E-state index contributed by atoms with van der Waals surface area (Å²) in [5, 5.41) is 3.22. The average Bonchev–Trinajstić information content (AvgIpc) is 2.36. The zero-order valence-corrected chi connectivity index (χ0v) is 9.67.